The van der Waals surface area contributed by atoms with E-state index in [4.69, 9.17) is 0 Å². The smallest absolute Gasteiger partial charge is 0.223 e. The summed E-state index contributed by atoms with van der Waals surface area (Å²) in [6.07, 6.45) is 6.13. The minimum absolute atomic E-state index is 0.0572. The largest absolute Gasteiger partial charge is 0.356 e. The van der Waals surface area contributed by atoms with E-state index in [1.807, 2.05) is 30.3 Å². The normalized spacial score (nSPS) is 20.3. The third-order valence-electron chi connectivity index (χ3n) is 6.62. The molecule has 2 fully saturated rings. The van der Waals surface area contributed by atoms with Gasteiger partial charge >= 0.3 is 0 Å². The first-order valence-electron chi connectivity index (χ1n) is 11.4. The van der Waals surface area contributed by atoms with Crippen molar-refractivity contribution in [3.63, 3.8) is 0 Å². The Morgan fingerprint density at radius 1 is 1.03 bits per heavy atom. The number of sulfonamides is 1. The van der Waals surface area contributed by atoms with E-state index >= 15 is 0 Å². The molecule has 1 amide bonds. The van der Waals surface area contributed by atoms with Gasteiger partial charge in [-0.05, 0) is 76.6 Å². The van der Waals surface area contributed by atoms with Crippen LogP contribution in [-0.4, -0.2) is 69.1 Å². The van der Waals surface area contributed by atoms with Crippen LogP contribution in [0.25, 0.3) is 0 Å². The zero-order chi connectivity index (χ0) is 21.4. The number of carbonyl (C=O) groups excluding carboxylic acids is 1. The van der Waals surface area contributed by atoms with Gasteiger partial charge in [-0.1, -0.05) is 30.3 Å². The quantitative estimate of drug-likeness (QED) is 0.647. The van der Waals surface area contributed by atoms with Gasteiger partial charge in [-0.2, -0.15) is 0 Å². The highest BCUT2D eigenvalue weighted by Gasteiger charge is 2.30. The molecule has 168 valence electrons. The molecule has 30 heavy (non-hydrogen) atoms. The second-order valence-electron chi connectivity index (χ2n) is 8.90. The summed E-state index contributed by atoms with van der Waals surface area (Å²) in [5.41, 5.74) is 1.17. The van der Waals surface area contributed by atoms with Gasteiger partial charge in [-0.3, -0.25) is 4.79 Å². The van der Waals surface area contributed by atoms with Crippen molar-refractivity contribution < 1.29 is 13.2 Å². The van der Waals surface area contributed by atoms with Crippen LogP contribution in [0.3, 0.4) is 0 Å². The molecule has 1 aromatic rings. The Morgan fingerprint density at radius 3 is 2.37 bits per heavy atom. The van der Waals surface area contributed by atoms with Crippen molar-refractivity contribution in [3.8, 4) is 0 Å². The highest BCUT2D eigenvalue weighted by Crippen LogP contribution is 2.22. The van der Waals surface area contributed by atoms with Gasteiger partial charge in [0.05, 0.1) is 5.75 Å². The molecule has 0 spiro atoms. The van der Waals surface area contributed by atoms with Crippen LogP contribution in [0.4, 0.5) is 0 Å². The van der Waals surface area contributed by atoms with E-state index in [1.165, 1.54) is 18.4 Å². The minimum atomic E-state index is -3.24. The maximum absolute atomic E-state index is 12.6. The fraction of sp³-hybridized carbons (Fsp3) is 0.696. The molecule has 0 unspecified atom stereocenters. The molecule has 2 aliphatic rings. The highest BCUT2D eigenvalue weighted by atomic mass is 32.2. The fourth-order valence-corrected chi connectivity index (χ4v) is 6.06. The number of benzene rings is 1. The standard InChI is InChI=1S/C23H37N3O3S/c1-25-15-10-21(11-16-25)9-14-24-23(27)22-12-17-26(18-13-22)30(28,29)19-5-8-20-6-3-2-4-7-20/h2-4,6-7,21-22H,5,8-19H2,1H3,(H,24,27). The predicted molar refractivity (Wildman–Crippen MR) is 121 cm³/mol. The van der Waals surface area contributed by atoms with E-state index < -0.39 is 10.0 Å². The maximum atomic E-state index is 12.6. The third kappa shape index (κ3) is 7.06. The molecular formula is C23H37N3O3S. The summed E-state index contributed by atoms with van der Waals surface area (Å²) in [6.45, 7) is 3.96. The molecule has 2 saturated heterocycles. The number of likely N-dealkylation sites (tertiary alicyclic amines) is 1. The van der Waals surface area contributed by atoms with Crippen molar-refractivity contribution in [2.24, 2.45) is 11.8 Å². The summed E-state index contributed by atoms with van der Waals surface area (Å²) in [4.78, 5) is 14.8. The predicted octanol–water partition coefficient (Wildman–Crippen LogP) is 2.51. The lowest BCUT2D eigenvalue weighted by Crippen LogP contribution is -2.44. The van der Waals surface area contributed by atoms with E-state index in [0.717, 1.165) is 32.5 Å². The van der Waals surface area contributed by atoms with Crippen molar-refractivity contribution in [1.29, 1.82) is 0 Å². The van der Waals surface area contributed by atoms with E-state index in [1.54, 1.807) is 4.31 Å². The number of nitrogens with one attached hydrogen (secondary N) is 1. The van der Waals surface area contributed by atoms with Gasteiger partial charge in [-0.15, -0.1) is 0 Å². The Bertz CT molecular complexity index is 753. The summed E-state index contributed by atoms with van der Waals surface area (Å²) >= 11 is 0. The monoisotopic (exact) mass is 435 g/mol. The molecule has 0 saturated carbocycles. The van der Waals surface area contributed by atoms with E-state index in [-0.39, 0.29) is 17.6 Å². The Hall–Kier alpha value is -1.44. The van der Waals surface area contributed by atoms with E-state index in [0.29, 0.717) is 38.3 Å². The minimum Gasteiger partial charge on any atom is -0.356 e. The van der Waals surface area contributed by atoms with Gasteiger partial charge in [0, 0.05) is 25.6 Å². The number of piperidine rings is 2. The van der Waals surface area contributed by atoms with Gasteiger partial charge < -0.3 is 10.2 Å². The number of nitrogens with zero attached hydrogens (tertiary/aromatic N) is 2. The number of carbonyl (C=O) groups is 1. The van der Waals surface area contributed by atoms with Crippen molar-refractivity contribution >= 4 is 15.9 Å². The first-order chi connectivity index (χ1) is 14.4. The molecule has 3 rings (SSSR count). The first-order valence-corrected chi connectivity index (χ1v) is 13.0. The molecule has 0 bridgehead atoms. The first kappa shape index (κ1) is 23.2. The molecule has 2 aliphatic heterocycles. The number of amides is 1. The lowest BCUT2D eigenvalue weighted by Gasteiger charge is -2.31. The molecule has 0 aromatic heterocycles. The summed E-state index contributed by atoms with van der Waals surface area (Å²) < 4.78 is 26.9. The van der Waals surface area contributed by atoms with Crippen molar-refractivity contribution in [3.05, 3.63) is 35.9 Å². The van der Waals surface area contributed by atoms with E-state index in [9.17, 15) is 13.2 Å². The van der Waals surface area contributed by atoms with Crippen molar-refractivity contribution in [2.75, 3.05) is 45.5 Å². The molecule has 2 heterocycles. The average molecular weight is 436 g/mol. The summed E-state index contributed by atoms with van der Waals surface area (Å²) in [6, 6.07) is 9.99. The van der Waals surface area contributed by atoms with Crippen molar-refractivity contribution in [1.82, 2.24) is 14.5 Å². The Kier molecular flexibility index (Phi) is 8.72. The van der Waals surface area contributed by atoms with Crippen molar-refractivity contribution in [2.45, 2.75) is 44.9 Å². The highest BCUT2D eigenvalue weighted by molar-refractivity contribution is 7.89. The number of aryl methyl sites for hydroxylation is 1. The molecule has 1 N–H and O–H groups in total. The van der Waals surface area contributed by atoms with Gasteiger partial charge in [0.2, 0.25) is 15.9 Å². The number of hydrogen-bond donors (Lipinski definition) is 1. The second kappa shape index (κ2) is 11.3. The molecule has 0 atom stereocenters. The van der Waals surface area contributed by atoms with Crippen LogP contribution in [0.1, 0.15) is 44.1 Å². The maximum Gasteiger partial charge on any atom is 0.223 e. The summed E-state index contributed by atoms with van der Waals surface area (Å²) in [5.74, 6) is 0.932. The molecule has 0 aliphatic carbocycles. The summed E-state index contributed by atoms with van der Waals surface area (Å²) in [7, 11) is -1.08. The molecule has 0 radical (unpaired) electrons. The van der Waals surface area contributed by atoms with Crippen LogP contribution in [0.2, 0.25) is 0 Å². The fourth-order valence-electron chi connectivity index (χ4n) is 4.52. The van der Waals surface area contributed by atoms with Gasteiger partial charge in [-0.25, -0.2) is 12.7 Å². The van der Waals surface area contributed by atoms with Gasteiger partial charge in [0.1, 0.15) is 0 Å². The summed E-state index contributed by atoms with van der Waals surface area (Å²) in [5, 5.41) is 3.10. The third-order valence-corrected chi connectivity index (χ3v) is 8.58. The Morgan fingerprint density at radius 2 is 1.70 bits per heavy atom. The Balaban J connectivity index is 1.33. The van der Waals surface area contributed by atoms with Crippen LogP contribution in [0.5, 0.6) is 0 Å². The zero-order valence-corrected chi connectivity index (χ0v) is 19.1. The molecule has 7 heteroatoms. The lowest BCUT2D eigenvalue weighted by molar-refractivity contribution is -0.126. The zero-order valence-electron chi connectivity index (χ0n) is 18.3. The molecular weight excluding hydrogens is 398 g/mol. The van der Waals surface area contributed by atoms with Crippen LogP contribution in [0.15, 0.2) is 30.3 Å². The van der Waals surface area contributed by atoms with Crippen LogP contribution in [-0.2, 0) is 21.2 Å². The van der Waals surface area contributed by atoms with E-state index in [2.05, 4.69) is 17.3 Å². The lowest BCUT2D eigenvalue weighted by atomic mass is 9.93. The SMILES string of the molecule is CN1CCC(CCNC(=O)C2CCN(S(=O)(=O)CCCc3ccccc3)CC2)CC1. The average Bonchev–Trinajstić information content (AvgIpc) is 2.76. The van der Waals surface area contributed by atoms with Gasteiger partial charge in [0.25, 0.3) is 0 Å². The van der Waals surface area contributed by atoms with Crippen LogP contribution in [0, 0.1) is 11.8 Å². The number of hydrogen-bond acceptors (Lipinski definition) is 4. The Labute approximate surface area is 182 Å². The number of rotatable bonds is 9. The van der Waals surface area contributed by atoms with Crippen LogP contribution >= 0.6 is 0 Å². The second-order valence-corrected chi connectivity index (χ2v) is 11.0. The van der Waals surface area contributed by atoms with Crippen LogP contribution < -0.4 is 5.32 Å². The molecule has 1 aromatic carbocycles. The topological polar surface area (TPSA) is 69.7 Å². The van der Waals surface area contributed by atoms with Gasteiger partial charge in [0.15, 0.2) is 0 Å². The molecule has 6 nitrogen and oxygen atoms in total.